The molecule has 168 valence electrons. The highest BCUT2D eigenvalue weighted by Crippen LogP contribution is 2.32. The van der Waals surface area contributed by atoms with E-state index in [2.05, 4.69) is 10.6 Å². The molecule has 0 fully saturated rings. The molecule has 2 heterocycles. The van der Waals surface area contributed by atoms with Crippen molar-refractivity contribution >= 4 is 56.7 Å². The monoisotopic (exact) mass is 472 g/mol. The zero-order valence-corrected chi connectivity index (χ0v) is 18.6. The molecule has 0 spiro atoms. The zero-order chi connectivity index (χ0) is 23.8. The Kier molecular flexibility index (Phi) is 5.39. The fourth-order valence-electron chi connectivity index (χ4n) is 3.57. The molecule has 0 aliphatic carbocycles. The van der Waals surface area contributed by atoms with Crippen LogP contribution in [-0.4, -0.2) is 11.8 Å². The van der Waals surface area contributed by atoms with Crippen LogP contribution in [0.2, 0.25) is 5.02 Å². The first-order chi connectivity index (χ1) is 16.4. The molecule has 0 unspecified atom stereocenters. The molecule has 0 saturated carbocycles. The summed E-state index contributed by atoms with van der Waals surface area (Å²) in [7, 11) is 0. The number of para-hydroxylation sites is 1. The third kappa shape index (κ3) is 4.04. The number of rotatable bonds is 4. The second-order valence-corrected chi connectivity index (χ2v) is 8.13. The summed E-state index contributed by atoms with van der Waals surface area (Å²) < 4.78 is 11.4. The van der Waals surface area contributed by atoms with E-state index < -0.39 is 17.2 Å². The predicted molar refractivity (Wildman–Crippen MR) is 131 cm³/mol. The highest BCUT2D eigenvalue weighted by atomic mass is 35.5. The molecule has 5 rings (SSSR count). The van der Waals surface area contributed by atoms with Crippen molar-refractivity contribution in [3.8, 4) is 0 Å². The predicted octanol–water partition coefficient (Wildman–Crippen LogP) is 6.01. The third-order valence-corrected chi connectivity index (χ3v) is 5.50. The molecule has 3 aromatic carbocycles. The lowest BCUT2D eigenvalue weighted by Crippen LogP contribution is -2.18. The van der Waals surface area contributed by atoms with Crippen LogP contribution in [0.3, 0.4) is 0 Å². The molecule has 5 aromatic rings. The van der Waals surface area contributed by atoms with Crippen LogP contribution in [0.15, 0.2) is 86.4 Å². The first-order valence-corrected chi connectivity index (χ1v) is 10.7. The lowest BCUT2D eigenvalue weighted by molar-refractivity contribution is 0.0996. The number of furan rings is 1. The summed E-state index contributed by atoms with van der Waals surface area (Å²) in [6.07, 6.45) is 0. The van der Waals surface area contributed by atoms with Crippen LogP contribution in [0, 0.1) is 6.92 Å². The SMILES string of the molecule is Cc1ccc(NC(=O)c2oc3ccccc3c2NC(=O)c2cc(=O)c3cc(Cl)ccc3o2)cc1. The molecule has 2 N–H and O–H groups in total. The van der Waals surface area contributed by atoms with Crippen LogP contribution in [0.1, 0.15) is 26.7 Å². The Balaban J connectivity index is 1.52. The Morgan fingerprint density at radius 1 is 0.794 bits per heavy atom. The van der Waals surface area contributed by atoms with E-state index in [0.717, 1.165) is 11.6 Å². The third-order valence-electron chi connectivity index (χ3n) is 5.26. The number of hydrogen-bond donors (Lipinski definition) is 2. The summed E-state index contributed by atoms with van der Waals surface area (Å²) in [5.41, 5.74) is 2.02. The van der Waals surface area contributed by atoms with E-state index in [1.54, 1.807) is 42.5 Å². The van der Waals surface area contributed by atoms with Gasteiger partial charge in [0, 0.05) is 22.2 Å². The molecule has 2 amide bonds. The van der Waals surface area contributed by atoms with Crippen LogP contribution < -0.4 is 16.1 Å². The highest BCUT2D eigenvalue weighted by Gasteiger charge is 2.24. The second-order valence-electron chi connectivity index (χ2n) is 7.69. The number of benzene rings is 3. The van der Waals surface area contributed by atoms with Gasteiger partial charge in [0.25, 0.3) is 11.8 Å². The van der Waals surface area contributed by atoms with Gasteiger partial charge in [-0.25, -0.2) is 0 Å². The van der Waals surface area contributed by atoms with Crippen molar-refractivity contribution in [1.82, 2.24) is 0 Å². The van der Waals surface area contributed by atoms with Crippen molar-refractivity contribution in [3.63, 3.8) is 0 Å². The van der Waals surface area contributed by atoms with Crippen molar-refractivity contribution in [2.75, 3.05) is 10.6 Å². The Hall–Kier alpha value is -4.36. The number of amides is 2. The molecule has 7 nitrogen and oxygen atoms in total. The molecular weight excluding hydrogens is 456 g/mol. The molecule has 0 radical (unpaired) electrons. The molecule has 8 heteroatoms. The number of nitrogens with one attached hydrogen (secondary N) is 2. The fourth-order valence-corrected chi connectivity index (χ4v) is 3.74. The van der Waals surface area contributed by atoms with Crippen LogP contribution in [0.25, 0.3) is 21.9 Å². The van der Waals surface area contributed by atoms with E-state index in [1.807, 2.05) is 19.1 Å². The first kappa shape index (κ1) is 21.5. The summed E-state index contributed by atoms with van der Waals surface area (Å²) >= 11 is 5.95. The number of hydrogen-bond acceptors (Lipinski definition) is 5. The van der Waals surface area contributed by atoms with E-state index in [9.17, 15) is 14.4 Å². The lowest BCUT2D eigenvalue weighted by Gasteiger charge is -2.08. The van der Waals surface area contributed by atoms with Gasteiger partial charge in [-0.15, -0.1) is 0 Å². The van der Waals surface area contributed by atoms with E-state index in [1.165, 1.54) is 12.1 Å². The second kappa shape index (κ2) is 8.53. The summed E-state index contributed by atoms with van der Waals surface area (Å²) in [5, 5.41) is 6.61. The summed E-state index contributed by atoms with van der Waals surface area (Å²) in [6.45, 7) is 1.94. The molecule has 2 aromatic heterocycles. The molecule has 0 aliphatic heterocycles. The topological polar surface area (TPSA) is 102 Å². The fraction of sp³-hybridized carbons (Fsp3) is 0.0385. The molecule has 0 bridgehead atoms. The number of fused-ring (bicyclic) bond motifs is 2. The van der Waals surface area contributed by atoms with E-state index in [4.69, 9.17) is 20.4 Å². The largest absolute Gasteiger partial charge is 0.451 e. The molecular formula is C26H17ClN2O5. The Morgan fingerprint density at radius 3 is 2.32 bits per heavy atom. The van der Waals surface area contributed by atoms with Crippen LogP contribution in [0.4, 0.5) is 11.4 Å². The van der Waals surface area contributed by atoms with Crippen molar-refractivity contribution < 1.29 is 18.4 Å². The smallest absolute Gasteiger partial charge is 0.293 e. The Labute approximate surface area is 197 Å². The summed E-state index contributed by atoms with van der Waals surface area (Å²) in [6, 6.07) is 19.8. The zero-order valence-electron chi connectivity index (χ0n) is 17.8. The van der Waals surface area contributed by atoms with Gasteiger partial charge in [-0.1, -0.05) is 41.4 Å². The van der Waals surface area contributed by atoms with Gasteiger partial charge in [0.05, 0.1) is 5.39 Å². The molecule has 0 atom stereocenters. The highest BCUT2D eigenvalue weighted by molar-refractivity contribution is 6.31. The van der Waals surface area contributed by atoms with Crippen molar-refractivity contribution in [1.29, 1.82) is 0 Å². The van der Waals surface area contributed by atoms with E-state index >= 15 is 0 Å². The van der Waals surface area contributed by atoms with Gasteiger partial charge in [-0.2, -0.15) is 0 Å². The summed E-state index contributed by atoms with van der Waals surface area (Å²) in [4.78, 5) is 38.6. The Bertz CT molecular complexity index is 1630. The van der Waals surface area contributed by atoms with Crippen molar-refractivity contribution in [3.05, 3.63) is 105 Å². The number of aryl methyl sites for hydroxylation is 1. The van der Waals surface area contributed by atoms with Crippen LogP contribution in [-0.2, 0) is 0 Å². The molecule has 34 heavy (non-hydrogen) atoms. The first-order valence-electron chi connectivity index (χ1n) is 10.3. The number of halogens is 1. The minimum atomic E-state index is -0.704. The molecule has 0 aliphatic rings. The van der Waals surface area contributed by atoms with E-state index in [-0.39, 0.29) is 28.2 Å². The maximum atomic E-state index is 13.0. The van der Waals surface area contributed by atoms with E-state index in [0.29, 0.717) is 21.7 Å². The Morgan fingerprint density at radius 2 is 1.53 bits per heavy atom. The van der Waals surface area contributed by atoms with Crippen LogP contribution in [0.5, 0.6) is 0 Å². The van der Waals surface area contributed by atoms with Crippen LogP contribution >= 0.6 is 11.6 Å². The minimum Gasteiger partial charge on any atom is -0.451 e. The lowest BCUT2D eigenvalue weighted by atomic mass is 10.2. The van der Waals surface area contributed by atoms with Gasteiger partial charge < -0.3 is 19.5 Å². The van der Waals surface area contributed by atoms with Gasteiger partial charge in [0.15, 0.2) is 11.2 Å². The maximum Gasteiger partial charge on any atom is 0.293 e. The van der Waals surface area contributed by atoms with Gasteiger partial charge in [-0.05, 0) is 49.4 Å². The number of carbonyl (C=O) groups excluding carboxylic acids is 2. The van der Waals surface area contributed by atoms with Gasteiger partial charge in [0.1, 0.15) is 16.9 Å². The van der Waals surface area contributed by atoms with Gasteiger partial charge >= 0.3 is 0 Å². The number of carbonyl (C=O) groups is 2. The van der Waals surface area contributed by atoms with Crippen molar-refractivity contribution in [2.24, 2.45) is 0 Å². The standard InChI is InChI=1S/C26H17ClN2O5/c1-14-6-9-16(10-7-14)28-26(32)24-23(17-4-2-3-5-20(17)34-24)29-25(31)22-13-19(30)18-12-15(27)8-11-21(18)33-22/h2-13H,1H3,(H,28,32)(H,29,31). The maximum absolute atomic E-state index is 13.0. The van der Waals surface area contributed by atoms with Crippen molar-refractivity contribution in [2.45, 2.75) is 6.92 Å². The average molecular weight is 473 g/mol. The van der Waals surface area contributed by atoms with Gasteiger partial charge in [0.2, 0.25) is 5.76 Å². The minimum absolute atomic E-state index is 0.0787. The quantitative estimate of drug-likeness (QED) is 0.333. The molecule has 0 saturated heterocycles. The average Bonchev–Trinajstić information content (AvgIpc) is 3.19. The summed E-state index contributed by atoms with van der Waals surface area (Å²) in [5.74, 6) is -1.53. The number of anilines is 2. The van der Waals surface area contributed by atoms with Gasteiger partial charge in [-0.3, -0.25) is 14.4 Å². The normalized spacial score (nSPS) is 11.0.